The molecule has 0 bridgehead atoms. The summed E-state index contributed by atoms with van der Waals surface area (Å²) in [7, 11) is 0. The maximum absolute atomic E-state index is 12.2. The predicted molar refractivity (Wildman–Crippen MR) is 74.8 cm³/mol. The molecule has 1 aromatic rings. The first-order valence-corrected chi connectivity index (χ1v) is 7.79. The van der Waals surface area contributed by atoms with Crippen LogP contribution in [-0.2, 0) is 11.2 Å². The van der Waals surface area contributed by atoms with Crippen molar-refractivity contribution < 1.29 is 4.79 Å². The molecule has 0 N–H and O–H groups in total. The Labute approximate surface area is 113 Å². The molecule has 18 heavy (non-hydrogen) atoms. The number of piperidine rings is 1. The highest BCUT2D eigenvalue weighted by Gasteiger charge is 2.24. The van der Waals surface area contributed by atoms with E-state index in [2.05, 4.69) is 22.2 Å². The molecule has 2 heterocycles. The van der Waals surface area contributed by atoms with Crippen molar-refractivity contribution in [3.8, 4) is 0 Å². The van der Waals surface area contributed by atoms with Crippen molar-refractivity contribution >= 4 is 17.2 Å². The number of aryl methyl sites for hydroxylation is 2. The van der Waals surface area contributed by atoms with Crippen molar-refractivity contribution in [2.45, 2.75) is 58.4 Å². The summed E-state index contributed by atoms with van der Waals surface area (Å²) < 4.78 is 0. The quantitative estimate of drug-likeness (QED) is 0.838. The van der Waals surface area contributed by atoms with E-state index in [9.17, 15) is 4.79 Å². The zero-order valence-electron chi connectivity index (χ0n) is 11.3. The second kappa shape index (κ2) is 6.32. The zero-order chi connectivity index (χ0) is 13.0. The highest BCUT2D eigenvalue weighted by Crippen LogP contribution is 2.21. The number of aromatic nitrogens is 1. The summed E-state index contributed by atoms with van der Waals surface area (Å²) in [6.45, 7) is 5.14. The lowest BCUT2D eigenvalue weighted by molar-refractivity contribution is -0.134. The topological polar surface area (TPSA) is 33.2 Å². The van der Waals surface area contributed by atoms with Gasteiger partial charge in [-0.15, -0.1) is 11.3 Å². The monoisotopic (exact) mass is 266 g/mol. The number of hydrogen-bond acceptors (Lipinski definition) is 3. The first-order valence-electron chi connectivity index (χ1n) is 6.91. The fourth-order valence-electron chi connectivity index (χ4n) is 2.66. The third-order valence-corrected chi connectivity index (χ3v) is 4.50. The molecule has 1 saturated heterocycles. The summed E-state index contributed by atoms with van der Waals surface area (Å²) in [4.78, 5) is 18.8. The number of hydrogen-bond donors (Lipinski definition) is 0. The number of thiazole rings is 1. The van der Waals surface area contributed by atoms with Gasteiger partial charge in [-0.05, 0) is 39.0 Å². The van der Waals surface area contributed by atoms with E-state index in [0.29, 0.717) is 18.4 Å². The first kappa shape index (κ1) is 13.5. The first-order chi connectivity index (χ1) is 8.70. The third kappa shape index (κ3) is 3.31. The van der Waals surface area contributed by atoms with Crippen LogP contribution >= 0.6 is 11.3 Å². The highest BCUT2D eigenvalue weighted by atomic mass is 32.1. The van der Waals surface area contributed by atoms with Crippen LogP contribution in [0.5, 0.6) is 0 Å². The van der Waals surface area contributed by atoms with E-state index in [1.165, 1.54) is 12.8 Å². The molecule has 0 radical (unpaired) electrons. The molecule has 1 aliphatic rings. The average molecular weight is 266 g/mol. The summed E-state index contributed by atoms with van der Waals surface area (Å²) in [5, 5.41) is 3.15. The average Bonchev–Trinajstić information content (AvgIpc) is 2.81. The molecule has 3 nitrogen and oxygen atoms in total. The minimum Gasteiger partial charge on any atom is -0.340 e. The van der Waals surface area contributed by atoms with Crippen molar-refractivity contribution in [1.29, 1.82) is 0 Å². The van der Waals surface area contributed by atoms with Crippen LogP contribution in [0.2, 0.25) is 0 Å². The van der Waals surface area contributed by atoms with Gasteiger partial charge in [0.25, 0.3) is 0 Å². The standard InChI is InChI=1S/C14H22N2OS/c1-3-13-6-4-5-9-16(13)14(17)8-7-12-10-18-11(2)15-12/h10,13H,3-9H2,1-2H3. The Hall–Kier alpha value is -0.900. The largest absolute Gasteiger partial charge is 0.340 e. The maximum atomic E-state index is 12.2. The van der Waals surface area contributed by atoms with Gasteiger partial charge in [0.05, 0.1) is 10.7 Å². The molecule has 0 saturated carbocycles. The highest BCUT2D eigenvalue weighted by molar-refractivity contribution is 7.09. The number of likely N-dealkylation sites (tertiary alicyclic amines) is 1. The Balaban J connectivity index is 1.86. The van der Waals surface area contributed by atoms with Gasteiger partial charge in [-0.2, -0.15) is 0 Å². The lowest BCUT2D eigenvalue weighted by Crippen LogP contribution is -2.43. The van der Waals surface area contributed by atoms with Crippen molar-refractivity contribution in [2.24, 2.45) is 0 Å². The minimum absolute atomic E-state index is 0.312. The molecular formula is C14H22N2OS. The van der Waals surface area contributed by atoms with E-state index in [1.807, 2.05) is 6.92 Å². The lowest BCUT2D eigenvalue weighted by atomic mass is 9.99. The summed E-state index contributed by atoms with van der Waals surface area (Å²) in [6, 6.07) is 0.475. The molecule has 1 fully saturated rings. The summed E-state index contributed by atoms with van der Waals surface area (Å²) in [5.74, 6) is 0.312. The molecule has 0 spiro atoms. The summed E-state index contributed by atoms with van der Waals surface area (Å²) >= 11 is 1.66. The summed E-state index contributed by atoms with van der Waals surface area (Å²) in [6.07, 6.45) is 6.10. The molecule has 100 valence electrons. The van der Waals surface area contributed by atoms with Crippen LogP contribution in [0.25, 0.3) is 0 Å². The van der Waals surface area contributed by atoms with Gasteiger partial charge < -0.3 is 4.90 Å². The number of nitrogens with zero attached hydrogens (tertiary/aromatic N) is 2. The van der Waals surface area contributed by atoms with Crippen LogP contribution in [0.4, 0.5) is 0 Å². The maximum Gasteiger partial charge on any atom is 0.223 e. The van der Waals surface area contributed by atoms with Gasteiger partial charge in [0.2, 0.25) is 5.91 Å². The van der Waals surface area contributed by atoms with Crippen LogP contribution in [0.3, 0.4) is 0 Å². The van der Waals surface area contributed by atoms with Crippen LogP contribution < -0.4 is 0 Å². The van der Waals surface area contributed by atoms with Crippen LogP contribution in [0.15, 0.2) is 5.38 Å². The lowest BCUT2D eigenvalue weighted by Gasteiger charge is -2.35. The van der Waals surface area contributed by atoms with Crippen LogP contribution in [0.1, 0.15) is 49.7 Å². The Morgan fingerprint density at radius 1 is 1.56 bits per heavy atom. The minimum atomic E-state index is 0.312. The van der Waals surface area contributed by atoms with Gasteiger partial charge in [0.15, 0.2) is 0 Å². The van der Waals surface area contributed by atoms with E-state index in [4.69, 9.17) is 0 Å². The normalized spacial score (nSPS) is 20.1. The van der Waals surface area contributed by atoms with Crippen molar-refractivity contribution in [2.75, 3.05) is 6.54 Å². The molecule has 0 aliphatic carbocycles. The van der Waals surface area contributed by atoms with E-state index in [1.54, 1.807) is 11.3 Å². The van der Waals surface area contributed by atoms with E-state index in [-0.39, 0.29) is 0 Å². The van der Waals surface area contributed by atoms with E-state index in [0.717, 1.165) is 36.5 Å². The molecule has 1 atom stereocenters. The van der Waals surface area contributed by atoms with Crippen LogP contribution in [-0.4, -0.2) is 28.4 Å². The molecular weight excluding hydrogens is 244 g/mol. The zero-order valence-corrected chi connectivity index (χ0v) is 12.1. The molecule has 1 amide bonds. The Kier molecular flexibility index (Phi) is 4.75. The van der Waals surface area contributed by atoms with Gasteiger partial charge in [0, 0.05) is 24.4 Å². The van der Waals surface area contributed by atoms with Gasteiger partial charge in [0.1, 0.15) is 0 Å². The number of carbonyl (C=O) groups is 1. The molecule has 1 unspecified atom stereocenters. The Bertz CT molecular complexity index is 402. The van der Waals surface area contributed by atoms with Crippen molar-refractivity contribution in [3.05, 3.63) is 16.1 Å². The second-order valence-corrected chi connectivity index (χ2v) is 6.07. The van der Waals surface area contributed by atoms with Gasteiger partial charge in [-0.3, -0.25) is 4.79 Å². The fraction of sp³-hybridized carbons (Fsp3) is 0.714. The molecule has 1 aromatic heterocycles. The number of carbonyl (C=O) groups excluding carboxylic acids is 1. The van der Waals surface area contributed by atoms with E-state index >= 15 is 0 Å². The van der Waals surface area contributed by atoms with Crippen LogP contribution in [0, 0.1) is 6.92 Å². The van der Waals surface area contributed by atoms with Crippen molar-refractivity contribution in [1.82, 2.24) is 9.88 Å². The van der Waals surface area contributed by atoms with E-state index < -0.39 is 0 Å². The molecule has 1 aliphatic heterocycles. The number of amides is 1. The van der Waals surface area contributed by atoms with Gasteiger partial charge >= 0.3 is 0 Å². The Morgan fingerprint density at radius 3 is 3.06 bits per heavy atom. The SMILES string of the molecule is CCC1CCCCN1C(=O)CCc1csc(C)n1. The third-order valence-electron chi connectivity index (χ3n) is 3.68. The van der Waals surface area contributed by atoms with Gasteiger partial charge in [-0.1, -0.05) is 6.92 Å². The van der Waals surface area contributed by atoms with Crippen molar-refractivity contribution in [3.63, 3.8) is 0 Å². The fourth-order valence-corrected chi connectivity index (χ4v) is 3.30. The smallest absolute Gasteiger partial charge is 0.223 e. The summed E-state index contributed by atoms with van der Waals surface area (Å²) in [5.41, 5.74) is 1.07. The van der Waals surface area contributed by atoms with Gasteiger partial charge in [-0.25, -0.2) is 4.98 Å². The second-order valence-electron chi connectivity index (χ2n) is 5.00. The molecule has 4 heteroatoms. The number of rotatable bonds is 4. The molecule has 0 aromatic carbocycles. The predicted octanol–water partition coefficient (Wildman–Crippen LogP) is 3.18. The molecule has 2 rings (SSSR count). The Morgan fingerprint density at radius 2 is 2.39 bits per heavy atom.